The molecule has 0 aliphatic rings. The Morgan fingerprint density at radius 1 is 1.17 bits per heavy atom. The molecule has 0 atom stereocenters. The molecule has 30 heavy (non-hydrogen) atoms. The third-order valence-electron chi connectivity index (χ3n) is 4.24. The summed E-state index contributed by atoms with van der Waals surface area (Å²) in [4.78, 5) is 8.61. The van der Waals surface area contributed by atoms with Gasteiger partial charge in [0.25, 0.3) is 0 Å². The summed E-state index contributed by atoms with van der Waals surface area (Å²) < 4.78 is 18.6. The van der Waals surface area contributed by atoms with Gasteiger partial charge in [-0.25, -0.2) is 9.37 Å². The summed E-state index contributed by atoms with van der Waals surface area (Å²) in [7, 11) is 0. The van der Waals surface area contributed by atoms with Gasteiger partial charge in [-0.2, -0.15) is 10.1 Å². The van der Waals surface area contributed by atoms with Crippen LogP contribution in [0.4, 0.5) is 22.0 Å². The van der Waals surface area contributed by atoms with Crippen molar-refractivity contribution in [1.29, 1.82) is 0 Å². The molecule has 0 spiro atoms. The molecule has 10 heteroatoms. The summed E-state index contributed by atoms with van der Waals surface area (Å²) in [6, 6.07) is 10.0. The Kier molecular flexibility index (Phi) is 5.89. The van der Waals surface area contributed by atoms with Crippen LogP contribution < -0.4 is 10.6 Å². The van der Waals surface area contributed by atoms with Crippen molar-refractivity contribution in [3.63, 3.8) is 0 Å². The summed E-state index contributed by atoms with van der Waals surface area (Å²) in [6.07, 6.45) is 2.92. The van der Waals surface area contributed by atoms with Crippen LogP contribution in [0.1, 0.15) is 22.7 Å². The predicted molar refractivity (Wildman–Crippen MR) is 111 cm³/mol. The molecule has 8 nitrogen and oxygen atoms in total. The largest absolute Gasteiger partial charge is 0.359 e. The number of aromatic nitrogens is 5. The lowest BCUT2D eigenvalue weighted by atomic mass is 10.1. The van der Waals surface area contributed by atoms with Crippen LogP contribution in [0.3, 0.4) is 0 Å². The van der Waals surface area contributed by atoms with Gasteiger partial charge < -0.3 is 15.2 Å². The second-order valence-corrected chi connectivity index (χ2v) is 7.17. The van der Waals surface area contributed by atoms with E-state index in [4.69, 9.17) is 16.1 Å². The van der Waals surface area contributed by atoms with Gasteiger partial charge in [0, 0.05) is 23.4 Å². The molecule has 154 valence electrons. The van der Waals surface area contributed by atoms with Crippen LogP contribution in [0.15, 0.2) is 47.1 Å². The average Bonchev–Trinajstić information content (AvgIpc) is 3.33. The van der Waals surface area contributed by atoms with Crippen molar-refractivity contribution < 1.29 is 8.91 Å². The number of aryl methyl sites for hydroxylation is 3. The fraction of sp³-hybridized carbons (Fsp3) is 0.200. The number of hydrogen-bond donors (Lipinski definition) is 3. The molecule has 4 aromatic rings. The Labute approximate surface area is 176 Å². The zero-order chi connectivity index (χ0) is 20.9. The maximum Gasteiger partial charge on any atom is 0.224 e. The number of benzene rings is 1. The number of aromatic amines is 1. The molecule has 0 unspecified atom stereocenters. The van der Waals surface area contributed by atoms with Crippen molar-refractivity contribution >= 4 is 29.2 Å². The molecule has 4 rings (SSSR count). The lowest BCUT2D eigenvalue weighted by molar-refractivity contribution is 0.384. The number of H-pyrrole nitrogens is 1. The van der Waals surface area contributed by atoms with Crippen LogP contribution in [-0.4, -0.2) is 25.3 Å². The molecule has 0 fully saturated rings. The SMILES string of the molecule is Cc1cc(CNc2nccc(Nc3cc(CCc4cc(F)cc(Cl)c4)n[nH]3)n2)on1. The highest BCUT2D eigenvalue weighted by Crippen LogP contribution is 2.18. The number of anilines is 3. The first-order valence-electron chi connectivity index (χ1n) is 9.29. The van der Waals surface area contributed by atoms with E-state index in [0.29, 0.717) is 47.8 Å². The standard InChI is InChI=1S/C20H19ClFN7O/c1-12-6-17(30-29-12)11-24-20-23-5-4-18(26-20)25-19-10-16(27-28-19)3-2-13-7-14(21)9-15(22)8-13/h4-10H,2-3,11H2,1H3,(H3,23,24,25,26,27,28). The number of hydrogen-bond acceptors (Lipinski definition) is 7. The highest BCUT2D eigenvalue weighted by molar-refractivity contribution is 6.30. The van der Waals surface area contributed by atoms with E-state index in [-0.39, 0.29) is 5.82 Å². The van der Waals surface area contributed by atoms with E-state index in [1.807, 2.05) is 19.1 Å². The first-order valence-corrected chi connectivity index (χ1v) is 9.67. The number of rotatable bonds is 8. The van der Waals surface area contributed by atoms with E-state index >= 15 is 0 Å². The molecule has 0 amide bonds. The molecule has 0 radical (unpaired) electrons. The van der Waals surface area contributed by atoms with Gasteiger partial charge in [-0.1, -0.05) is 16.8 Å². The first-order chi connectivity index (χ1) is 14.5. The third kappa shape index (κ3) is 5.32. The van der Waals surface area contributed by atoms with Gasteiger partial charge in [0.2, 0.25) is 5.95 Å². The minimum Gasteiger partial charge on any atom is -0.359 e. The second-order valence-electron chi connectivity index (χ2n) is 6.73. The maximum atomic E-state index is 13.4. The zero-order valence-corrected chi connectivity index (χ0v) is 16.9. The predicted octanol–water partition coefficient (Wildman–Crippen LogP) is 4.43. The molecule has 3 N–H and O–H groups in total. The number of nitrogens with zero attached hydrogens (tertiary/aromatic N) is 4. The highest BCUT2D eigenvalue weighted by atomic mass is 35.5. The summed E-state index contributed by atoms with van der Waals surface area (Å²) >= 11 is 5.90. The Morgan fingerprint density at radius 3 is 2.87 bits per heavy atom. The molecule has 3 aromatic heterocycles. The van der Waals surface area contributed by atoms with E-state index < -0.39 is 0 Å². The van der Waals surface area contributed by atoms with Crippen LogP contribution >= 0.6 is 11.6 Å². The van der Waals surface area contributed by atoms with Crippen molar-refractivity contribution in [1.82, 2.24) is 25.3 Å². The monoisotopic (exact) mass is 427 g/mol. The van der Waals surface area contributed by atoms with Crippen LogP contribution in [0.25, 0.3) is 0 Å². The van der Waals surface area contributed by atoms with Gasteiger partial charge in [0.15, 0.2) is 5.76 Å². The maximum absolute atomic E-state index is 13.4. The third-order valence-corrected chi connectivity index (χ3v) is 4.46. The van der Waals surface area contributed by atoms with Crippen LogP contribution in [-0.2, 0) is 19.4 Å². The summed E-state index contributed by atoms with van der Waals surface area (Å²) in [6.45, 7) is 2.29. The summed E-state index contributed by atoms with van der Waals surface area (Å²) in [5.41, 5.74) is 2.48. The molecule has 1 aromatic carbocycles. The van der Waals surface area contributed by atoms with Gasteiger partial charge in [-0.05, 0) is 49.6 Å². The molecule has 0 aliphatic carbocycles. The first kappa shape index (κ1) is 19.8. The van der Waals surface area contributed by atoms with Crippen LogP contribution in [0.2, 0.25) is 5.02 Å². The lowest BCUT2D eigenvalue weighted by Crippen LogP contribution is -2.04. The minimum atomic E-state index is -0.339. The van der Waals surface area contributed by atoms with E-state index in [0.717, 1.165) is 17.0 Å². The molecule has 0 saturated heterocycles. The van der Waals surface area contributed by atoms with Crippen LogP contribution in [0.5, 0.6) is 0 Å². The van der Waals surface area contributed by atoms with Crippen molar-refractivity contribution in [3.05, 3.63) is 76.1 Å². The highest BCUT2D eigenvalue weighted by Gasteiger charge is 2.07. The zero-order valence-electron chi connectivity index (χ0n) is 16.1. The van der Waals surface area contributed by atoms with Gasteiger partial charge in [-0.15, -0.1) is 0 Å². The van der Waals surface area contributed by atoms with Gasteiger partial charge in [0.05, 0.1) is 17.9 Å². The second kappa shape index (κ2) is 8.91. The van der Waals surface area contributed by atoms with E-state index in [9.17, 15) is 4.39 Å². The van der Waals surface area contributed by atoms with Gasteiger partial charge >= 0.3 is 0 Å². The quantitative estimate of drug-likeness (QED) is 0.382. The summed E-state index contributed by atoms with van der Waals surface area (Å²) in [5.74, 6) is 2.11. The molecule has 0 saturated carbocycles. The van der Waals surface area contributed by atoms with Crippen molar-refractivity contribution in [2.45, 2.75) is 26.3 Å². The van der Waals surface area contributed by atoms with Crippen molar-refractivity contribution in [2.75, 3.05) is 10.6 Å². The Hall–Kier alpha value is -3.46. The fourth-order valence-corrected chi connectivity index (χ4v) is 3.14. The normalized spacial score (nSPS) is 10.9. The van der Waals surface area contributed by atoms with Gasteiger partial charge in [-0.3, -0.25) is 5.10 Å². The van der Waals surface area contributed by atoms with E-state index in [2.05, 4.69) is 36.0 Å². The Morgan fingerprint density at radius 2 is 2.07 bits per heavy atom. The van der Waals surface area contributed by atoms with Crippen molar-refractivity contribution in [3.8, 4) is 0 Å². The fourth-order valence-electron chi connectivity index (χ4n) is 2.90. The Bertz CT molecular complexity index is 1120. The molecule has 3 heterocycles. The van der Waals surface area contributed by atoms with E-state index in [1.165, 1.54) is 12.1 Å². The van der Waals surface area contributed by atoms with Gasteiger partial charge in [0.1, 0.15) is 17.5 Å². The number of nitrogens with one attached hydrogen (secondary N) is 3. The minimum absolute atomic E-state index is 0.339. The smallest absolute Gasteiger partial charge is 0.224 e. The average molecular weight is 428 g/mol. The molecule has 0 aliphatic heterocycles. The summed E-state index contributed by atoms with van der Waals surface area (Å²) in [5, 5.41) is 17.7. The van der Waals surface area contributed by atoms with Crippen LogP contribution in [0, 0.1) is 12.7 Å². The lowest BCUT2D eigenvalue weighted by Gasteiger charge is -2.05. The molecular weight excluding hydrogens is 409 g/mol. The Balaban J connectivity index is 1.34. The molecule has 0 bridgehead atoms. The topological polar surface area (TPSA) is 105 Å². The van der Waals surface area contributed by atoms with E-state index in [1.54, 1.807) is 18.3 Å². The number of halogens is 2. The molecular formula is C20H19ClFN7O. The van der Waals surface area contributed by atoms with Crippen molar-refractivity contribution in [2.24, 2.45) is 0 Å².